The average molecular weight is 206 g/mol. The maximum absolute atomic E-state index is 12.3. The smallest absolute Gasteiger partial charge is 0.407 e. The maximum Gasteiger partial charge on any atom is 0.407 e. The molecular formula is C6H8F2N4O2. The zero-order chi connectivity index (χ0) is 10.7. The monoisotopic (exact) mass is 206 g/mol. The third-order valence-electron chi connectivity index (χ3n) is 2.07. The van der Waals surface area contributed by atoms with Gasteiger partial charge in [-0.25, -0.2) is 13.6 Å². The standard InChI is InChI=1S/C6H8F2N4O2/c7-5(8)4-1-3(10-11-9)2-12(4)6(13)14/h3-5H,1-2H2,(H,13,14)/t3-,4+/m1/s1. The van der Waals surface area contributed by atoms with Crippen molar-refractivity contribution in [3.63, 3.8) is 0 Å². The molecule has 0 bridgehead atoms. The third-order valence-corrected chi connectivity index (χ3v) is 2.07. The summed E-state index contributed by atoms with van der Waals surface area (Å²) in [4.78, 5) is 13.6. The molecule has 0 unspecified atom stereocenters. The van der Waals surface area contributed by atoms with Gasteiger partial charge in [-0.05, 0) is 12.0 Å². The quantitative estimate of drug-likeness (QED) is 0.423. The van der Waals surface area contributed by atoms with Gasteiger partial charge in [0, 0.05) is 11.5 Å². The van der Waals surface area contributed by atoms with Gasteiger partial charge in [-0.2, -0.15) is 0 Å². The fourth-order valence-corrected chi connectivity index (χ4v) is 1.46. The number of amides is 1. The third kappa shape index (κ3) is 2.02. The van der Waals surface area contributed by atoms with Gasteiger partial charge in [0.25, 0.3) is 6.43 Å². The minimum Gasteiger partial charge on any atom is -0.465 e. The lowest BCUT2D eigenvalue weighted by Crippen LogP contribution is -2.38. The van der Waals surface area contributed by atoms with Gasteiger partial charge in [0.2, 0.25) is 0 Å². The zero-order valence-electron chi connectivity index (χ0n) is 7.05. The summed E-state index contributed by atoms with van der Waals surface area (Å²) < 4.78 is 24.6. The lowest BCUT2D eigenvalue weighted by atomic mass is 10.2. The number of likely N-dealkylation sites (tertiary alicyclic amines) is 1. The van der Waals surface area contributed by atoms with E-state index in [0.717, 1.165) is 0 Å². The van der Waals surface area contributed by atoms with Crippen LogP contribution in [0.5, 0.6) is 0 Å². The first-order chi connectivity index (χ1) is 6.56. The van der Waals surface area contributed by atoms with Crippen molar-refractivity contribution in [1.29, 1.82) is 0 Å². The van der Waals surface area contributed by atoms with Crippen LogP contribution in [0.1, 0.15) is 6.42 Å². The van der Waals surface area contributed by atoms with Gasteiger partial charge in [0.1, 0.15) is 0 Å². The Hall–Kier alpha value is -1.56. The summed E-state index contributed by atoms with van der Waals surface area (Å²) in [5, 5.41) is 11.8. The molecule has 0 spiro atoms. The number of carboxylic acid groups (broad SMARTS) is 1. The lowest BCUT2D eigenvalue weighted by molar-refractivity contribution is 0.0470. The Morgan fingerprint density at radius 3 is 2.71 bits per heavy atom. The Balaban J connectivity index is 2.74. The first kappa shape index (κ1) is 10.5. The fraction of sp³-hybridized carbons (Fsp3) is 0.833. The van der Waals surface area contributed by atoms with Crippen molar-refractivity contribution in [2.75, 3.05) is 6.54 Å². The van der Waals surface area contributed by atoms with E-state index in [2.05, 4.69) is 10.0 Å². The first-order valence-corrected chi connectivity index (χ1v) is 3.88. The van der Waals surface area contributed by atoms with Crippen LogP contribution in [0.2, 0.25) is 0 Å². The summed E-state index contributed by atoms with van der Waals surface area (Å²) in [7, 11) is 0. The molecule has 0 aromatic carbocycles. The predicted octanol–water partition coefficient (Wildman–Crippen LogP) is 1.68. The van der Waals surface area contributed by atoms with Crippen molar-refractivity contribution in [3.05, 3.63) is 10.4 Å². The van der Waals surface area contributed by atoms with E-state index >= 15 is 0 Å². The van der Waals surface area contributed by atoms with Gasteiger partial charge < -0.3 is 5.11 Å². The number of nitrogens with zero attached hydrogens (tertiary/aromatic N) is 4. The first-order valence-electron chi connectivity index (χ1n) is 3.88. The van der Waals surface area contributed by atoms with E-state index in [1.165, 1.54) is 0 Å². The van der Waals surface area contributed by atoms with Crippen molar-refractivity contribution >= 4 is 6.09 Å². The second-order valence-electron chi connectivity index (χ2n) is 2.93. The van der Waals surface area contributed by atoms with Gasteiger partial charge >= 0.3 is 6.09 Å². The summed E-state index contributed by atoms with van der Waals surface area (Å²) >= 11 is 0. The molecule has 0 aromatic heterocycles. The van der Waals surface area contributed by atoms with Crippen LogP contribution in [-0.4, -0.2) is 41.2 Å². The van der Waals surface area contributed by atoms with Gasteiger partial charge in [-0.1, -0.05) is 5.11 Å². The molecule has 14 heavy (non-hydrogen) atoms. The Kier molecular flexibility index (Phi) is 3.08. The molecule has 0 aromatic rings. The molecule has 6 nitrogen and oxygen atoms in total. The molecule has 1 N–H and O–H groups in total. The number of carbonyl (C=O) groups is 1. The van der Waals surface area contributed by atoms with E-state index in [9.17, 15) is 13.6 Å². The second kappa shape index (κ2) is 4.10. The van der Waals surface area contributed by atoms with Crippen molar-refractivity contribution < 1.29 is 18.7 Å². The fourth-order valence-electron chi connectivity index (χ4n) is 1.46. The van der Waals surface area contributed by atoms with Gasteiger partial charge in [0.15, 0.2) is 0 Å². The molecule has 0 aliphatic carbocycles. The number of hydrogen-bond donors (Lipinski definition) is 1. The Morgan fingerprint density at radius 1 is 1.71 bits per heavy atom. The van der Waals surface area contributed by atoms with Gasteiger partial charge in [0.05, 0.1) is 12.1 Å². The summed E-state index contributed by atoms with van der Waals surface area (Å²) in [5.41, 5.74) is 8.08. The van der Waals surface area contributed by atoms with Crippen LogP contribution in [-0.2, 0) is 0 Å². The molecule has 1 fully saturated rings. The minimum atomic E-state index is -2.75. The highest BCUT2D eigenvalue weighted by Crippen LogP contribution is 2.25. The molecule has 0 radical (unpaired) electrons. The second-order valence-corrected chi connectivity index (χ2v) is 2.93. The van der Waals surface area contributed by atoms with Crippen LogP contribution < -0.4 is 0 Å². The summed E-state index contributed by atoms with van der Waals surface area (Å²) in [5.74, 6) is 0. The number of halogens is 2. The molecule has 1 saturated heterocycles. The predicted molar refractivity (Wildman–Crippen MR) is 42.1 cm³/mol. The van der Waals surface area contributed by atoms with E-state index in [0.29, 0.717) is 4.90 Å². The Morgan fingerprint density at radius 2 is 2.36 bits per heavy atom. The van der Waals surface area contributed by atoms with Crippen molar-refractivity contribution in [1.82, 2.24) is 4.90 Å². The van der Waals surface area contributed by atoms with Gasteiger partial charge in [-0.15, -0.1) is 0 Å². The molecule has 2 atom stereocenters. The average Bonchev–Trinajstić information content (AvgIpc) is 2.49. The number of alkyl halides is 2. The highest BCUT2D eigenvalue weighted by atomic mass is 19.3. The SMILES string of the molecule is [N-]=[N+]=N[C@@H]1C[C@@H](C(F)F)N(C(=O)O)C1. The van der Waals surface area contributed by atoms with Crippen LogP contribution in [0.3, 0.4) is 0 Å². The van der Waals surface area contributed by atoms with Crippen LogP contribution in [0.25, 0.3) is 10.4 Å². The maximum atomic E-state index is 12.3. The van der Waals surface area contributed by atoms with Crippen LogP contribution in [0, 0.1) is 0 Å². The van der Waals surface area contributed by atoms with Gasteiger partial charge in [-0.3, -0.25) is 4.90 Å². The van der Waals surface area contributed by atoms with E-state index in [-0.39, 0.29) is 13.0 Å². The van der Waals surface area contributed by atoms with E-state index < -0.39 is 24.6 Å². The lowest BCUT2D eigenvalue weighted by Gasteiger charge is -2.19. The molecule has 78 valence electrons. The minimum absolute atomic E-state index is 0.117. The van der Waals surface area contributed by atoms with E-state index in [4.69, 9.17) is 10.6 Å². The van der Waals surface area contributed by atoms with Crippen molar-refractivity contribution in [3.8, 4) is 0 Å². The highest BCUT2D eigenvalue weighted by molar-refractivity contribution is 5.66. The molecule has 1 aliphatic heterocycles. The van der Waals surface area contributed by atoms with Crippen LogP contribution in [0.4, 0.5) is 13.6 Å². The summed E-state index contributed by atoms with van der Waals surface area (Å²) in [6, 6.07) is -2.04. The van der Waals surface area contributed by atoms with Crippen LogP contribution >= 0.6 is 0 Å². The molecule has 8 heteroatoms. The molecule has 0 saturated carbocycles. The summed E-state index contributed by atoms with van der Waals surface area (Å²) in [6.07, 6.45) is -4.27. The molecular weight excluding hydrogens is 198 g/mol. The number of azide groups is 1. The number of rotatable bonds is 2. The van der Waals surface area contributed by atoms with Crippen LogP contribution in [0.15, 0.2) is 5.11 Å². The molecule has 1 heterocycles. The molecule has 1 amide bonds. The molecule has 1 aliphatic rings. The van der Waals surface area contributed by atoms with Crippen molar-refractivity contribution in [2.45, 2.75) is 24.9 Å². The molecule has 1 rings (SSSR count). The summed E-state index contributed by atoms with van der Waals surface area (Å²) in [6.45, 7) is -0.158. The largest absolute Gasteiger partial charge is 0.465 e. The Labute approximate surface area is 77.7 Å². The van der Waals surface area contributed by atoms with E-state index in [1.807, 2.05) is 0 Å². The zero-order valence-corrected chi connectivity index (χ0v) is 7.05. The van der Waals surface area contributed by atoms with E-state index in [1.54, 1.807) is 0 Å². The highest BCUT2D eigenvalue weighted by Gasteiger charge is 2.40. The topological polar surface area (TPSA) is 89.3 Å². The van der Waals surface area contributed by atoms with Crippen molar-refractivity contribution in [2.24, 2.45) is 5.11 Å². The Bertz CT molecular complexity index is 279. The number of hydrogen-bond acceptors (Lipinski definition) is 2. The normalized spacial score (nSPS) is 26.4.